The lowest BCUT2D eigenvalue weighted by Crippen LogP contribution is -2.28. The molecule has 1 atom stereocenters. The summed E-state index contributed by atoms with van der Waals surface area (Å²) in [5.74, 6) is -0.350. The lowest BCUT2D eigenvalue weighted by molar-refractivity contribution is -0.113. The van der Waals surface area contributed by atoms with Crippen molar-refractivity contribution in [1.29, 1.82) is 0 Å². The lowest BCUT2D eigenvalue weighted by atomic mass is 10.1. The maximum absolute atomic E-state index is 12.7. The zero-order valence-electron chi connectivity index (χ0n) is 15.1. The van der Waals surface area contributed by atoms with Gasteiger partial charge in [0.05, 0.1) is 23.0 Å². The number of carbonyl (C=O) groups excluding carboxylic acids is 2. The highest BCUT2D eigenvalue weighted by molar-refractivity contribution is 8.01. The van der Waals surface area contributed by atoms with Crippen molar-refractivity contribution in [2.45, 2.75) is 17.3 Å². The van der Waals surface area contributed by atoms with Crippen molar-refractivity contribution in [3.63, 3.8) is 0 Å². The first-order valence-electron chi connectivity index (χ1n) is 8.49. The molecule has 0 spiro atoms. The van der Waals surface area contributed by atoms with Gasteiger partial charge < -0.3 is 16.4 Å². The van der Waals surface area contributed by atoms with Crippen LogP contribution in [-0.2, 0) is 4.79 Å². The van der Waals surface area contributed by atoms with Gasteiger partial charge in [0, 0.05) is 0 Å². The molecule has 4 N–H and O–H groups in total. The predicted molar refractivity (Wildman–Crippen MR) is 112 cm³/mol. The molecule has 0 radical (unpaired) electrons. The van der Waals surface area contributed by atoms with Crippen molar-refractivity contribution in [3.8, 4) is 0 Å². The normalized spacial score (nSPS) is 11.6. The van der Waals surface area contributed by atoms with Gasteiger partial charge in [0.1, 0.15) is 0 Å². The molecule has 0 aliphatic heterocycles. The van der Waals surface area contributed by atoms with E-state index in [0.29, 0.717) is 20.7 Å². The molecular formula is C19H19N5O2S2. The van der Waals surface area contributed by atoms with Gasteiger partial charge in [-0.1, -0.05) is 65.6 Å². The third kappa shape index (κ3) is 5.30. The summed E-state index contributed by atoms with van der Waals surface area (Å²) in [5, 5.41) is 13.7. The lowest BCUT2D eigenvalue weighted by Gasteiger charge is -2.16. The van der Waals surface area contributed by atoms with E-state index in [2.05, 4.69) is 20.8 Å². The molecule has 1 aromatic heterocycles. The average molecular weight is 414 g/mol. The van der Waals surface area contributed by atoms with Crippen LogP contribution in [0.2, 0.25) is 0 Å². The number of aromatic nitrogens is 2. The Morgan fingerprint density at radius 2 is 1.82 bits per heavy atom. The van der Waals surface area contributed by atoms with Crippen LogP contribution in [0.15, 0.2) is 58.9 Å². The zero-order valence-corrected chi connectivity index (χ0v) is 16.7. The van der Waals surface area contributed by atoms with Crippen molar-refractivity contribution in [2.75, 3.05) is 16.8 Å². The number of anilines is 2. The van der Waals surface area contributed by atoms with Crippen molar-refractivity contribution in [2.24, 2.45) is 0 Å². The van der Waals surface area contributed by atoms with Crippen molar-refractivity contribution < 1.29 is 9.59 Å². The van der Waals surface area contributed by atoms with E-state index in [4.69, 9.17) is 5.73 Å². The summed E-state index contributed by atoms with van der Waals surface area (Å²) in [6.45, 7) is 1.92. The molecule has 0 aliphatic rings. The van der Waals surface area contributed by atoms with E-state index in [0.717, 1.165) is 5.56 Å². The molecule has 2 aromatic carbocycles. The van der Waals surface area contributed by atoms with E-state index in [-0.39, 0.29) is 23.6 Å². The molecular weight excluding hydrogens is 394 g/mol. The summed E-state index contributed by atoms with van der Waals surface area (Å²) >= 11 is 2.47. The molecule has 3 aromatic rings. The first kappa shape index (κ1) is 19.8. The number of para-hydroxylation sites is 1. The monoisotopic (exact) mass is 413 g/mol. The standard InChI is InChI=1S/C19H19N5O2S2/c1-12(13-7-3-2-4-8-13)21-17(26)14-9-5-6-10-15(14)22-16(25)11-27-19-24-23-18(20)28-19/h2-10,12H,11H2,1H3,(H2,20,23)(H,21,26)(H,22,25). The molecule has 0 fully saturated rings. The second-order valence-electron chi connectivity index (χ2n) is 5.89. The van der Waals surface area contributed by atoms with Gasteiger partial charge in [-0.15, -0.1) is 10.2 Å². The van der Waals surface area contributed by atoms with Crippen LogP contribution in [0.1, 0.15) is 28.9 Å². The van der Waals surface area contributed by atoms with E-state index in [1.807, 2.05) is 37.3 Å². The molecule has 0 saturated heterocycles. The summed E-state index contributed by atoms with van der Waals surface area (Å²) in [6, 6.07) is 16.4. The Kier molecular flexibility index (Phi) is 6.62. The quantitative estimate of drug-likeness (QED) is 0.513. The Bertz CT molecular complexity index is 962. The number of thioether (sulfide) groups is 1. The molecule has 0 aliphatic carbocycles. The molecule has 1 unspecified atom stereocenters. The smallest absolute Gasteiger partial charge is 0.253 e. The van der Waals surface area contributed by atoms with Gasteiger partial charge in [0.2, 0.25) is 11.0 Å². The minimum Gasteiger partial charge on any atom is -0.374 e. The number of carbonyl (C=O) groups is 2. The Hall–Kier alpha value is -2.91. The molecule has 144 valence electrons. The van der Waals surface area contributed by atoms with Crippen LogP contribution >= 0.6 is 23.1 Å². The number of nitrogens with one attached hydrogen (secondary N) is 2. The second kappa shape index (κ2) is 9.34. The summed E-state index contributed by atoms with van der Waals surface area (Å²) in [4.78, 5) is 25.0. The Balaban J connectivity index is 1.63. The Morgan fingerprint density at radius 3 is 2.54 bits per heavy atom. The summed E-state index contributed by atoms with van der Waals surface area (Å²) in [7, 11) is 0. The van der Waals surface area contributed by atoms with Crippen molar-refractivity contribution in [3.05, 3.63) is 65.7 Å². The number of hydrogen-bond donors (Lipinski definition) is 3. The van der Waals surface area contributed by atoms with Crippen molar-refractivity contribution in [1.82, 2.24) is 15.5 Å². The van der Waals surface area contributed by atoms with Crippen LogP contribution < -0.4 is 16.4 Å². The summed E-state index contributed by atoms with van der Waals surface area (Å²) in [5.41, 5.74) is 7.40. The van der Waals surface area contributed by atoms with Crippen LogP contribution in [0.25, 0.3) is 0 Å². The van der Waals surface area contributed by atoms with E-state index >= 15 is 0 Å². The van der Waals surface area contributed by atoms with E-state index < -0.39 is 0 Å². The minimum atomic E-state index is -0.253. The van der Waals surface area contributed by atoms with Crippen molar-refractivity contribution >= 4 is 45.7 Å². The predicted octanol–water partition coefficient (Wildman–Crippen LogP) is 3.34. The van der Waals surface area contributed by atoms with Crippen LogP contribution in [0.5, 0.6) is 0 Å². The van der Waals surface area contributed by atoms with Gasteiger partial charge in [0.15, 0.2) is 4.34 Å². The van der Waals surface area contributed by atoms with Gasteiger partial charge in [-0.05, 0) is 24.6 Å². The topological polar surface area (TPSA) is 110 Å². The van der Waals surface area contributed by atoms with Crippen LogP contribution in [0, 0.1) is 0 Å². The van der Waals surface area contributed by atoms with Gasteiger partial charge in [-0.3, -0.25) is 9.59 Å². The molecule has 3 rings (SSSR count). The SMILES string of the molecule is CC(NC(=O)c1ccccc1NC(=O)CSc1nnc(N)s1)c1ccccc1. The Morgan fingerprint density at radius 1 is 1.11 bits per heavy atom. The highest BCUT2D eigenvalue weighted by Crippen LogP contribution is 2.24. The van der Waals surface area contributed by atoms with Crippen LogP contribution in [-0.4, -0.2) is 27.8 Å². The maximum Gasteiger partial charge on any atom is 0.253 e. The summed E-state index contributed by atoms with van der Waals surface area (Å²) < 4.78 is 0.621. The second-order valence-corrected chi connectivity index (χ2v) is 8.13. The van der Waals surface area contributed by atoms with Crippen LogP contribution in [0.4, 0.5) is 10.8 Å². The minimum absolute atomic E-state index is 0.144. The number of hydrogen-bond acceptors (Lipinski definition) is 7. The third-order valence-electron chi connectivity index (χ3n) is 3.84. The fourth-order valence-electron chi connectivity index (χ4n) is 2.48. The number of nitrogen functional groups attached to an aromatic ring is 1. The molecule has 0 saturated carbocycles. The molecule has 1 heterocycles. The average Bonchev–Trinajstić information content (AvgIpc) is 3.12. The fourth-order valence-corrected chi connectivity index (χ4v) is 3.92. The maximum atomic E-state index is 12.7. The van der Waals surface area contributed by atoms with Crippen LogP contribution in [0.3, 0.4) is 0 Å². The Labute approximate surface area is 170 Å². The third-order valence-corrected chi connectivity index (χ3v) is 5.73. The molecule has 0 bridgehead atoms. The number of rotatable bonds is 7. The van der Waals surface area contributed by atoms with Gasteiger partial charge in [-0.25, -0.2) is 0 Å². The number of benzene rings is 2. The van der Waals surface area contributed by atoms with Gasteiger partial charge in [0.25, 0.3) is 5.91 Å². The largest absolute Gasteiger partial charge is 0.374 e. The summed E-state index contributed by atoms with van der Waals surface area (Å²) in [6.07, 6.45) is 0. The molecule has 2 amide bonds. The first-order valence-corrected chi connectivity index (χ1v) is 10.3. The van der Waals surface area contributed by atoms with Gasteiger partial charge in [-0.2, -0.15) is 0 Å². The first-order chi connectivity index (χ1) is 13.5. The van der Waals surface area contributed by atoms with E-state index in [1.165, 1.54) is 23.1 Å². The highest BCUT2D eigenvalue weighted by Gasteiger charge is 2.16. The molecule has 9 heteroatoms. The van der Waals surface area contributed by atoms with Gasteiger partial charge >= 0.3 is 0 Å². The zero-order chi connectivity index (χ0) is 19.9. The molecule has 7 nitrogen and oxygen atoms in total. The van der Waals surface area contributed by atoms with E-state index in [9.17, 15) is 9.59 Å². The number of nitrogens with zero attached hydrogens (tertiary/aromatic N) is 2. The number of amides is 2. The molecule has 28 heavy (non-hydrogen) atoms. The number of nitrogens with two attached hydrogens (primary N) is 1. The fraction of sp³-hybridized carbons (Fsp3) is 0.158. The van der Waals surface area contributed by atoms with E-state index in [1.54, 1.807) is 24.3 Å². The highest BCUT2D eigenvalue weighted by atomic mass is 32.2.